The second kappa shape index (κ2) is 5.44. The molecule has 0 heterocycles. The highest BCUT2D eigenvalue weighted by Crippen LogP contribution is 2.30. The third kappa shape index (κ3) is 3.31. The molecular weight excluding hydrogens is 201 g/mol. The number of hydrogen-bond acceptors (Lipinski definition) is 1. The Morgan fingerprint density at radius 2 is 2.25 bits per heavy atom. The average molecular weight is 221 g/mol. The Hall–Kier alpha value is -0.890. The molecule has 0 bridgehead atoms. The van der Waals surface area contributed by atoms with Crippen LogP contribution in [0, 0.1) is 11.7 Å². The second-order valence-corrected chi connectivity index (χ2v) is 4.94. The zero-order valence-corrected chi connectivity index (χ0v) is 9.88. The molecule has 0 amide bonds. The lowest BCUT2D eigenvalue weighted by Gasteiger charge is -2.28. The van der Waals surface area contributed by atoms with Gasteiger partial charge in [-0.2, -0.15) is 0 Å². The van der Waals surface area contributed by atoms with E-state index in [1.165, 1.54) is 31.7 Å². The van der Waals surface area contributed by atoms with Gasteiger partial charge < -0.3 is 5.32 Å². The molecule has 1 aromatic rings. The molecule has 16 heavy (non-hydrogen) atoms. The molecule has 2 rings (SSSR count). The maximum atomic E-state index is 12.9. The van der Waals surface area contributed by atoms with Crippen LogP contribution in [0.4, 0.5) is 4.39 Å². The van der Waals surface area contributed by atoms with E-state index >= 15 is 0 Å². The van der Waals surface area contributed by atoms with E-state index in [0.717, 1.165) is 18.0 Å². The van der Waals surface area contributed by atoms with Crippen molar-refractivity contribution in [1.29, 1.82) is 0 Å². The first-order valence-corrected chi connectivity index (χ1v) is 6.22. The summed E-state index contributed by atoms with van der Waals surface area (Å²) >= 11 is 0. The topological polar surface area (TPSA) is 12.0 Å². The van der Waals surface area contributed by atoms with Crippen molar-refractivity contribution in [3.05, 3.63) is 35.6 Å². The molecule has 1 aliphatic rings. The van der Waals surface area contributed by atoms with E-state index in [1.807, 2.05) is 6.07 Å². The van der Waals surface area contributed by atoms with Gasteiger partial charge in [0.25, 0.3) is 0 Å². The number of hydrogen-bond donors (Lipinski definition) is 1. The van der Waals surface area contributed by atoms with E-state index in [1.54, 1.807) is 12.1 Å². The molecule has 1 saturated carbocycles. The van der Waals surface area contributed by atoms with Crippen molar-refractivity contribution in [2.24, 2.45) is 5.92 Å². The minimum Gasteiger partial charge on any atom is -0.310 e. The van der Waals surface area contributed by atoms with E-state index in [0.29, 0.717) is 6.04 Å². The van der Waals surface area contributed by atoms with Gasteiger partial charge in [0.2, 0.25) is 0 Å². The van der Waals surface area contributed by atoms with Gasteiger partial charge in [-0.25, -0.2) is 4.39 Å². The summed E-state index contributed by atoms with van der Waals surface area (Å²) in [5.41, 5.74) is 1.03. The highest BCUT2D eigenvalue weighted by Gasteiger charge is 2.19. The SMILES string of the molecule is CC(CC1CCC1)NCc1cccc(F)c1. The first kappa shape index (κ1) is 11.6. The van der Waals surface area contributed by atoms with Gasteiger partial charge in [-0.05, 0) is 37.0 Å². The van der Waals surface area contributed by atoms with Crippen LogP contribution in [-0.4, -0.2) is 6.04 Å². The summed E-state index contributed by atoms with van der Waals surface area (Å²) in [7, 11) is 0. The van der Waals surface area contributed by atoms with Crippen LogP contribution in [0.2, 0.25) is 0 Å². The predicted molar refractivity (Wildman–Crippen MR) is 64.7 cm³/mol. The number of halogens is 1. The van der Waals surface area contributed by atoms with Gasteiger partial charge >= 0.3 is 0 Å². The summed E-state index contributed by atoms with van der Waals surface area (Å²) in [6.45, 7) is 2.99. The van der Waals surface area contributed by atoms with Crippen molar-refractivity contribution in [3.8, 4) is 0 Å². The summed E-state index contributed by atoms with van der Waals surface area (Å²) in [5, 5.41) is 3.46. The minimum absolute atomic E-state index is 0.147. The zero-order valence-electron chi connectivity index (χ0n) is 9.88. The standard InChI is InChI=1S/C14H20FN/c1-11(8-12-4-2-5-12)16-10-13-6-3-7-14(15)9-13/h3,6-7,9,11-12,16H,2,4-5,8,10H2,1H3. The van der Waals surface area contributed by atoms with Crippen LogP contribution in [-0.2, 0) is 6.54 Å². The fourth-order valence-electron chi connectivity index (χ4n) is 2.25. The third-order valence-corrected chi connectivity index (χ3v) is 3.46. The highest BCUT2D eigenvalue weighted by atomic mass is 19.1. The Morgan fingerprint density at radius 1 is 1.44 bits per heavy atom. The molecular formula is C14H20FN. The molecule has 1 unspecified atom stereocenters. The van der Waals surface area contributed by atoms with Crippen LogP contribution in [0.15, 0.2) is 24.3 Å². The minimum atomic E-state index is -0.147. The van der Waals surface area contributed by atoms with E-state index in [-0.39, 0.29) is 5.82 Å². The van der Waals surface area contributed by atoms with E-state index < -0.39 is 0 Å². The Kier molecular flexibility index (Phi) is 3.94. The van der Waals surface area contributed by atoms with Crippen LogP contribution in [0.25, 0.3) is 0 Å². The van der Waals surface area contributed by atoms with Crippen molar-refractivity contribution in [3.63, 3.8) is 0 Å². The number of nitrogens with one attached hydrogen (secondary N) is 1. The van der Waals surface area contributed by atoms with E-state index in [4.69, 9.17) is 0 Å². The van der Waals surface area contributed by atoms with E-state index in [2.05, 4.69) is 12.2 Å². The molecule has 88 valence electrons. The van der Waals surface area contributed by atoms with Gasteiger partial charge in [0.15, 0.2) is 0 Å². The molecule has 1 nitrogen and oxygen atoms in total. The fraction of sp³-hybridized carbons (Fsp3) is 0.571. The zero-order chi connectivity index (χ0) is 11.4. The lowest BCUT2D eigenvalue weighted by molar-refractivity contribution is 0.265. The maximum absolute atomic E-state index is 12.9. The summed E-state index contributed by atoms with van der Waals surface area (Å²) in [4.78, 5) is 0. The molecule has 0 spiro atoms. The number of benzene rings is 1. The third-order valence-electron chi connectivity index (χ3n) is 3.46. The molecule has 1 fully saturated rings. The molecule has 1 N–H and O–H groups in total. The summed E-state index contributed by atoms with van der Waals surface area (Å²) in [6, 6.07) is 7.35. The van der Waals surface area contributed by atoms with Crippen molar-refractivity contribution in [1.82, 2.24) is 5.32 Å². The first-order chi connectivity index (χ1) is 7.74. The molecule has 1 atom stereocenters. The maximum Gasteiger partial charge on any atom is 0.123 e. The molecule has 0 aromatic heterocycles. The van der Waals surface area contributed by atoms with E-state index in [9.17, 15) is 4.39 Å². The molecule has 1 aliphatic carbocycles. The summed E-state index contributed by atoms with van der Waals surface area (Å²) in [6.07, 6.45) is 5.45. The quantitative estimate of drug-likeness (QED) is 0.802. The average Bonchev–Trinajstić information content (AvgIpc) is 2.21. The van der Waals surface area contributed by atoms with Crippen molar-refractivity contribution < 1.29 is 4.39 Å². The van der Waals surface area contributed by atoms with Crippen molar-refractivity contribution in [2.45, 2.75) is 45.2 Å². The van der Waals surface area contributed by atoms with Crippen LogP contribution in [0.1, 0.15) is 38.2 Å². The van der Waals surface area contributed by atoms with Gasteiger partial charge in [0, 0.05) is 12.6 Å². The number of rotatable bonds is 5. The van der Waals surface area contributed by atoms with Crippen LogP contribution >= 0.6 is 0 Å². The molecule has 1 aromatic carbocycles. The molecule has 0 radical (unpaired) electrons. The highest BCUT2D eigenvalue weighted by molar-refractivity contribution is 5.16. The van der Waals surface area contributed by atoms with Gasteiger partial charge in [-0.1, -0.05) is 31.4 Å². The lowest BCUT2D eigenvalue weighted by Crippen LogP contribution is -2.29. The second-order valence-electron chi connectivity index (χ2n) is 4.94. The fourth-order valence-corrected chi connectivity index (χ4v) is 2.25. The van der Waals surface area contributed by atoms with Gasteiger partial charge in [0.05, 0.1) is 0 Å². The van der Waals surface area contributed by atoms with Gasteiger partial charge in [0.1, 0.15) is 5.82 Å². The largest absolute Gasteiger partial charge is 0.310 e. The normalized spacial score (nSPS) is 18.1. The Labute approximate surface area is 97.1 Å². The van der Waals surface area contributed by atoms with Crippen molar-refractivity contribution >= 4 is 0 Å². The smallest absolute Gasteiger partial charge is 0.123 e. The van der Waals surface area contributed by atoms with Crippen molar-refractivity contribution in [2.75, 3.05) is 0 Å². The van der Waals surface area contributed by atoms with Gasteiger partial charge in [-0.15, -0.1) is 0 Å². The Balaban J connectivity index is 1.73. The summed E-state index contributed by atoms with van der Waals surface area (Å²) < 4.78 is 12.9. The van der Waals surface area contributed by atoms with Crippen LogP contribution in [0.5, 0.6) is 0 Å². The Bertz CT molecular complexity index is 333. The first-order valence-electron chi connectivity index (χ1n) is 6.22. The molecule has 2 heteroatoms. The Morgan fingerprint density at radius 3 is 2.88 bits per heavy atom. The van der Waals surface area contributed by atoms with Crippen LogP contribution < -0.4 is 5.32 Å². The molecule has 0 saturated heterocycles. The lowest BCUT2D eigenvalue weighted by atomic mass is 9.81. The predicted octanol–water partition coefficient (Wildman–Crippen LogP) is 3.49. The van der Waals surface area contributed by atoms with Gasteiger partial charge in [-0.3, -0.25) is 0 Å². The summed E-state index contributed by atoms with van der Waals surface area (Å²) in [5.74, 6) is 0.779. The van der Waals surface area contributed by atoms with Crippen LogP contribution in [0.3, 0.4) is 0 Å². The monoisotopic (exact) mass is 221 g/mol. The molecule has 0 aliphatic heterocycles.